The van der Waals surface area contributed by atoms with E-state index in [1.165, 1.54) is 31.9 Å². The van der Waals surface area contributed by atoms with Gasteiger partial charge in [-0.3, -0.25) is 4.98 Å². The Morgan fingerprint density at radius 3 is 2.62 bits per heavy atom. The van der Waals surface area contributed by atoms with Crippen molar-refractivity contribution in [1.82, 2.24) is 14.8 Å². The molecule has 1 aliphatic rings. The number of likely N-dealkylation sites (N-methyl/N-ethyl adjacent to an activating group) is 1. The SMILES string of the molecule is CN1CCN(CCc2ccc(Br)cn2)CC1. The highest BCUT2D eigenvalue weighted by Gasteiger charge is 2.13. The summed E-state index contributed by atoms with van der Waals surface area (Å²) in [4.78, 5) is 9.29. The standard InChI is InChI=1S/C12H18BrN3/c1-15-6-8-16(9-7-15)5-4-12-3-2-11(13)10-14-12/h2-3,10H,4-9H2,1H3. The zero-order chi connectivity index (χ0) is 11.4. The number of piperazine rings is 1. The molecule has 0 unspecified atom stereocenters. The Kier molecular flexibility index (Phi) is 4.32. The van der Waals surface area contributed by atoms with Crippen molar-refractivity contribution in [2.24, 2.45) is 0 Å². The van der Waals surface area contributed by atoms with Gasteiger partial charge in [-0.05, 0) is 35.1 Å². The molecule has 1 aromatic rings. The highest BCUT2D eigenvalue weighted by atomic mass is 79.9. The van der Waals surface area contributed by atoms with Crippen LogP contribution in [0.1, 0.15) is 5.69 Å². The van der Waals surface area contributed by atoms with Gasteiger partial charge < -0.3 is 9.80 Å². The molecule has 0 aromatic carbocycles. The first-order valence-electron chi connectivity index (χ1n) is 5.75. The van der Waals surface area contributed by atoms with Crippen LogP contribution in [0.3, 0.4) is 0 Å². The Morgan fingerprint density at radius 1 is 1.25 bits per heavy atom. The minimum absolute atomic E-state index is 1.05. The highest BCUT2D eigenvalue weighted by molar-refractivity contribution is 9.10. The van der Waals surface area contributed by atoms with Crippen LogP contribution in [0.2, 0.25) is 0 Å². The Labute approximate surface area is 106 Å². The van der Waals surface area contributed by atoms with E-state index in [0.717, 1.165) is 17.4 Å². The van der Waals surface area contributed by atoms with Crippen molar-refractivity contribution in [3.8, 4) is 0 Å². The Morgan fingerprint density at radius 2 is 2.00 bits per heavy atom. The van der Waals surface area contributed by atoms with E-state index >= 15 is 0 Å². The van der Waals surface area contributed by atoms with Crippen LogP contribution in [-0.4, -0.2) is 54.6 Å². The number of hydrogen-bond acceptors (Lipinski definition) is 3. The predicted molar refractivity (Wildman–Crippen MR) is 69.6 cm³/mol. The fraction of sp³-hybridized carbons (Fsp3) is 0.583. The lowest BCUT2D eigenvalue weighted by Gasteiger charge is -2.32. The summed E-state index contributed by atoms with van der Waals surface area (Å²) in [7, 11) is 2.19. The van der Waals surface area contributed by atoms with Crippen LogP contribution >= 0.6 is 15.9 Å². The lowest BCUT2D eigenvalue weighted by molar-refractivity contribution is 0.155. The maximum atomic E-state index is 4.39. The second kappa shape index (κ2) is 5.75. The molecular weight excluding hydrogens is 266 g/mol. The first kappa shape index (κ1) is 12.0. The van der Waals surface area contributed by atoms with Gasteiger partial charge in [0, 0.05) is 55.5 Å². The third kappa shape index (κ3) is 3.54. The van der Waals surface area contributed by atoms with Gasteiger partial charge in [-0.15, -0.1) is 0 Å². The molecule has 2 rings (SSSR count). The van der Waals surface area contributed by atoms with E-state index in [1.807, 2.05) is 6.20 Å². The van der Waals surface area contributed by atoms with Crippen LogP contribution < -0.4 is 0 Å². The third-order valence-corrected chi connectivity index (χ3v) is 3.54. The molecule has 0 radical (unpaired) electrons. The molecule has 88 valence electrons. The smallest absolute Gasteiger partial charge is 0.0417 e. The summed E-state index contributed by atoms with van der Waals surface area (Å²) in [5.41, 5.74) is 1.18. The summed E-state index contributed by atoms with van der Waals surface area (Å²) in [5, 5.41) is 0. The molecule has 1 saturated heterocycles. The van der Waals surface area contributed by atoms with Crippen molar-refractivity contribution in [2.45, 2.75) is 6.42 Å². The van der Waals surface area contributed by atoms with E-state index < -0.39 is 0 Å². The van der Waals surface area contributed by atoms with E-state index in [-0.39, 0.29) is 0 Å². The minimum atomic E-state index is 1.05. The van der Waals surface area contributed by atoms with Crippen LogP contribution in [0.5, 0.6) is 0 Å². The molecule has 1 aromatic heterocycles. The molecule has 0 spiro atoms. The maximum Gasteiger partial charge on any atom is 0.0417 e. The molecule has 2 heterocycles. The average molecular weight is 284 g/mol. The Bertz CT molecular complexity index is 318. The maximum absolute atomic E-state index is 4.39. The second-order valence-corrected chi connectivity index (χ2v) is 5.28. The highest BCUT2D eigenvalue weighted by Crippen LogP contribution is 2.08. The van der Waals surface area contributed by atoms with Crippen molar-refractivity contribution in [3.63, 3.8) is 0 Å². The monoisotopic (exact) mass is 283 g/mol. The summed E-state index contributed by atoms with van der Waals surface area (Å²) in [6.07, 6.45) is 2.93. The van der Waals surface area contributed by atoms with Gasteiger partial charge in [0.15, 0.2) is 0 Å². The number of halogens is 1. The summed E-state index contributed by atoms with van der Waals surface area (Å²) in [6.45, 7) is 5.88. The van der Waals surface area contributed by atoms with Gasteiger partial charge in [-0.2, -0.15) is 0 Å². The van der Waals surface area contributed by atoms with E-state index in [1.54, 1.807) is 0 Å². The summed E-state index contributed by atoms with van der Waals surface area (Å²) in [5.74, 6) is 0. The quantitative estimate of drug-likeness (QED) is 0.841. The minimum Gasteiger partial charge on any atom is -0.304 e. The third-order valence-electron chi connectivity index (χ3n) is 3.07. The molecule has 3 nitrogen and oxygen atoms in total. The van der Waals surface area contributed by atoms with Crippen molar-refractivity contribution < 1.29 is 0 Å². The molecule has 16 heavy (non-hydrogen) atoms. The van der Waals surface area contributed by atoms with Crippen LogP contribution in [0, 0.1) is 0 Å². The predicted octanol–water partition coefficient (Wildman–Crippen LogP) is 1.63. The molecule has 0 saturated carbocycles. The second-order valence-electron chi connectivity index (χ2n) is 4.36. The van der Waals surface area contributed by atoms with Gasteiger partial charge in [-0.1, -0.05) is 0 Å². The molecule has 4 heteroatoms. The zero-order valence-corrected chi connectivity index (χ0v) is 11.3. The van der Waals surface area contributed by atoms with Crippen LogP contribution in [-0.2, 0) is 6.42 Å². The molecule has 0 N–H and O–H groups in total. The number of hydrogen-bond donors (Lipinski definition) is 0. The molecule has 1 fully saturated rings. The van der Waals surface area contributed by atoms with Gasteiger partial charge in [0.2, 0.25) is 0 Å². The topological polar surface area (TPSA) is 19.4 Å². The lowest BCUT2D eigenvalue weighted by Crippen LogP contribution is -2.45. The van der Waals surface area contributed by atoms with Gasteiger partial charge >= 0.3 is 0 Å². The Hall–Kier alpha value is -0.450. The van der Waals surface area contributed by atoms with Gasteiger partial charge in [-0.25, -0.2) is 0 Å². The Balaban J connectivity index is 1.77. The largest absolute Gasteiger partial charge is 0.304 e. The fourth-order valence-corrected chi connectivity index (χ4v) is 2.13. The normalized spacial score (nSPS) is 18.9. The number of pyridine rings is 1. The van der Waals surface area contributed by atoms with Crippen molar-refractivity contribution in [3.05, 3.63) is 28.5 Å². The zero-order valence-electron chi connectivity index (χ0n) is 9.69. The summed E-state index contributed by atoms with van der Waals surface area (Å²) >= 11 is 3.40. The molecule has 0 bridgehead atoms. The first-order valence-corrected chi connectivity index (χ1v) is 6.55. The average Bonchev–Trinajstić information content (AvgIpc) is 2.30. The van der Waals surface area contributed by atoms with Gasteiger partial charge in [0.25, 0.3) is 0 Å². The van der Waals surface area contributed by atoms with Gasteiger partial charge in [0.05, 0.1) is 0 Å². The van der Waals surface area contributed by atoms with Gasteiger partial charge in [0.1, 0.15) is 0 Å². The summed E-state index contributed by atoms with van der Waals surface area (Å²) < 4.78 is 1.05. The molecule has 1 aliphatic heterocycles. The molecule has 0 atom stereocenters. The molecule has 0 aliphatic carbocycles. The van der Waals surface area contributed by atoms with Crippen LogP contribution in [0.4, 0.5) is 0 Å². The van der Waals surface area contributed by atoms with Crippen molar-refractivity contribution in [2.75, 3.05) is 39.8 Å². The van der Waals surface area contributed by atoms with Crippen molar-refractivity contribution >= 4 is 15.9 Å². The van der Waals surface area contributed by atoms with E-state index in [2.05, 4.69) is 49.9 Å². The van der Waals surface area contributed by atoms with Crippen LogP contribution in [0.15, 0.2) is 22.8 Å². The van der Waals surface area contributed by atoms with E-state index in [0.29, 0.717) is 0 Å². The first-order chi connectivity index (χ1) is 7.74. The van der Waals surface area contributed by atoms with Crippen LogP contribution in [0.25, 0.3) is 0 Å². The van der Waals surface area contributed by atoms with Crippen molar-refractivity contribution in [1.29, 1.82) is 0 Å². The fourth-order valence-electron chi connectivity index (χ4n) is 1.90. The number of aromatic nitrogens is 1. The number of nitrogens with zero attached hydrogens (tertiary/aromatic N) is 3. The van der Waals surface area contributed by atoms with E-state index in [9.17, 15) is 0 Å². The lowest BCUT2D eigenvalue weighted by atomic mass is 10.2. The molecular formula is C12H18BrN3. The molecule has 0 amide bonds. The number of rotatable bonds is 3. The van der Waals surface area contributed by atoms with E-state index in [4.69, 9.17) is 0 Å². The summed E-state index contributed by atoms with van der Waals surface area (Å²) in [6, 6.07) is 4.16.